The minimum atomic E-state index is 1.07. The normalized spacial score (nSPS) is 11.9. The standard InChI is InChI=1S/C54H39BN3/c1-6-17-40(18-7-1)42-29-32-47(33-30-42)57-48-27-16-28-49(38-48)58(46-25-14-5-15-26-46)54-39-50(56(44-21-10-3-11-22-44)45-23-12-4-13-24-45)34-35-51(54)55-52-37-43(31-36-53(52)57)41-19-8-2-9-20-41/h1-39H. The largest absolute Gasteiger partial charge is 0.311 e. The molecule has 1 radical (unpaired) electrons. The molecule has 0 aromatic heterocycles. The van der Waals surface area contributed by atoms with Crippen molar-refractivity contribution in [3.8, 4) is 22.3 Å². The van der Waals surface area contributed by atoms with Crippen LogP contribution in [0.4, 0.5) is 51.2 Å². The average molecular weight is 741 g/mol. The van der Waals surface area contributed by atoms with Crippen molar-refractivity contribution in [1.29, 1.82) is 0 Å². The maximum absolute atomic E-state index is 2.40. The second kappa shape index (κ2) is 15.5. The highest BCUT2D eigenvalue weighted by Gasteiger charge is 2.26. The van der Waals surface area contributed by atoms with Crippen molar-refractivity contribution in [3.05, 3.63) is 237 Å². The molecular formula is C54H39BN3. The molecule has 0 aliphatic carbocycles. The van der Waals surface area contributed by atoms with Crippen molar-refractivity contribution in [2.75, 3.05) is 14.7 Å². The van der Waals surface area contributed by atoms with Crippen LogP contribution in [-0.4, -0.2) is 7.28 Å². The van der Waals surface area contributed by atoms with Gasteiger partial charge in [-0.2, -0.15) is 0 Å². The summed E-state index contributed by atoms with van der Waals surface area (Å²) >= 11 is 0. The van der Waals surface area contributed by atoms with Crippen molar-refractivity contribution in [2.45, 2.75) is 0 Å². The highest BCUT2D eigenvalue weighted by molar-refractivity contribution is 6.70. The first-order valence-electron chi connectivity index (χ1n) is 19.8. The quantitative estimate of drug-likeness (QED) is 0.151. The molecule has 0 fully saturated rings. The predicted molar refractivity (Wildman–Crippen MR) is 246 cm³/mol. The summed E-state index contributed by atoms with van der Waals surface area (Å²) in [5.41, 5.74) is 16.7. The molecule has 1 aliphatic heterocycles. The fourth-order valence-corrected chi connectivity index (χ4v) is 8.08. The minimum absolute atomic E-state index is 1.07. The molecule has 0 unspecified atom stereocenters. The van der Waals surface area contributed by atoms with Gasteiger partial charge in [-0.3, -0.25) is 0 Å². The molecule has 9 aromatic rings. The molecule has 0 atom stereocenters. The number of hydrogen-bond acceptors (Lipinski definition) is 3. The van der Waals surface area contributed by atoms with Gasteiger partial charge in [0.15, 0.2) is 7.28 Å². The molecule has 9 aromatic carbocycles. The van der Waals surface area contributed by atoms with Crippen molar-refractivity contribution >= 4 is 69.4 Å². The van der Waals surface area contributed by atoms with Crippen LogP contribution in [0.25, 0.3) is 22.3 Å². The third kappa shape index (κ3) is 6.82. The average Bonchev–Trinajstić information content (AvgIpc) is 3.30. The molecule has 4 heteroatoms. The Morgan fingerprint density at radius 3 is 1.34 bits per heavy atom. The summed E-state index contributed by atoms with van der Waals surface area (Å²) in [4.78, 5) is 7.13. The van der Waals surface area contributed by atoms with E-state index in [1.54, 1.807) is 0 Å². The number of nitrogens with zero attached hydrogens (tertiary/aromatic N) is 3. The lowest BCUT2D eigenvalue weighted by Gasteiger charge is -2.34. The van der Waals surface area contributed by atoms with Gasteiger partial charge in [0, 0.05) is 51.2 Å². The Morgan fingerprint density at radius 2 is 0.741 bits per heavy atom. The van der Waals surface area contributed by atoms with Gasteiger partial charge in [0.25, 0.3) is 0 Å². The monoisotopic (exact) mass is 740 g/mol. The minimum Gasteiger partial charge on any atom is -0.311 e. The number of fused-ring (bicyclic) bond motifs is 4. The number of rotatable bonds is 7. The molecule has 0 amide bonds. The smallest absolute Gasteiger partial charge is 0.197 e. The second-order valence-electron chi connectivity index (χ2n) is 14.5. The lowest BCUT2D eigenvalue weighted by molar-refractivity contribution is 1.24. The van der Waals surface area contributed by atoms with Gasteiger partial charge >= 0.3 is 0 Å². The van der Waals surface area contributed by atoms with Gasteiger partial charge in [0.2, 0.25) is 0 Å². The Morgan fingerprint density at radius 1 is 0.276 bits per heavy atom. The van der Waals surface area contributed by atoms with E-state index in [0.29, 0.717) is 0 Å². The topological polar surface area (TPSA) is 9.72 Å². The van der Waals surface area contributed by atoms with Crippen molar-refractivity contribution in [3.63, 3.8) is 0 Å². The van der Waals surface area contributed by atoms with Crippen LogP contribution in [0.15, 0.2) is 237 Å². The van der Waals surface area contributed by atoms with E-state index in [1.165, 1.54) is 22.3 Å². The number of anilines is 9. The molecule has 0 N–H and O–H groups in total. The van der Waals surface area contributed by atoms with Crippen LogP contribution < -0.4 is 25.6 Å². The van der Waals surface area contributed by atoms with Gasteiger partial charge in [-0.25, -0.2) is 0 Å². The molecule has 1 heterocycles. The molecular weight excluding hydrogens is 701 g/mol. The first-order valence-corrected chi connectivity index (χ1v) is 19.8. The summed E-state index contributed by atoms with van der Waals surface area (Å²) < 4.78 is 0. The van der Waals surface area contributed by atoms with Gasteiger partial charge in [-0.15, -0.1) is 0 Å². The number of benzene rings is 9. The SMILES string of the molecule is [B]1c2cc(-c3ccccc3)ccc2N(c2ccc(-c3ccccc3)cc2)c2cccc(c2)N(c2ccccc2)c2cc(N(c3ccccc3)c3ccccc3)ccc21. The highest BCUT2D eigenvalue weighted by atomic mass is 15.2. The first-order chi connectivity index (χ1) is 28.8. The van der Waals surface area contributed by atoms with Gasteiger partial charge in [-0.1, -0.05) is 163 Å². The lowest BCUT2D eigenvalue weighted by Crippen LogP contribution is -2.35. The van der Waals surface area contributed by atoms with E-state index < -0.39 is 0 Å². The van der Waals surface area contributed by atoms with Gasteiger partial charge in [-0.05, 0) is 107 Å². The first kappa shape index (κ1) is 34.9. The molecule has 273 valence electrons. The highest BCUT2D eigenvalue weighted by Crippen LogP contribution is 2.43. The third-order valence-corrected chi connectivity index (χ3v) is 10.8. The van der Waals surface area contributed by atoms with Crippen LogP contribution >= 0.6 is 0 Å². The summed E-state index contributed by atoms with van der Waals surface area (Å²) in [7, 11) is 2.36. The van der Waals surface area contributed by atoms with Gasteiger partial charge in [0.1, 0.15) is 0 Å². The van der Waals surface area contributed by atoms with E-state index in [9.17, 15) is 0 Å². The molecule has 0 saturated carbocycles. The van der Waals surface area contributed by atoms with E-state index in [4.69, 9.17) is 0 Å². The molecule has 3 nitrogen and oxygen atoms in total. The van der Waals surface area contributed by atoms with Crippen LogP contribution in [0, 0.1) is 0 Å². The Hall–Kier alpha value is -7.56. The Kier molecular flexibility index (Phi) is 9.34. The molecule has 58 heavy (non-hydrogen) atoms. The van der Waals surface area contributed by atoms with E-state index in [1.807, 2.05) is 0 Å². The lowest BCUT2D eigenvalue weighted by atomic mass is 9.61. The fraction of sp³-hybridized carbons (Fsp3) is 0. The zero-order chi connectivity index (χ0) is 38.7. The maximum Gasteiger partial charge on any atom is 0.197 e. The summed E-state index contributed by atoms with van der Waals surface area (Å²) in [6, 6.07) is 84.8. The summed E-state index contributed by atoms with van der Waals surface area (Å²) in [5, 5.41) is 0. The van der Waals surface area contributed by atoms with Crippen LogP contribution in [-0.2, 0) is 0 Å². The number of hydrogen-bond donors (Lipinski definition) is 0. The van der Waals surface area contributed by atoms with Gasteiger partial charge in [0.05, 0.1) is 0 Å². The summed E-state index contributed by atoms with van der Waals surface area (Å²) in [6.07, 6.45) is 0. The molecule has 10 rings (SSSR count). The van der Waals surface area contributed by atoms with Crippen LogP contribution in [0.2, 0.25) is 0 Å². The van der Waals surface area contributed by atoms with Crippen LogP contribution in [0.1, 0.15) is 0 Å². The second-order valence-corrected chi connectivity index (χ2v) is 14.5. The Bertz CT molecular complexity index is 2750. The van der Waals surface area contributed by atoms with Crippen LogP contribution in [0.5, 0.6) is 0 Å². The van der Waals surface area contributed by atoms with E-state index in [0.717, 1.165) is 62.1 Å². The van der Waals surface area contributed by atoms with E-state index >= 15 is 0 Å². The maximum atomic E-state index is 2.40. The van der Waals surface area contributed by atoms with E-state index in [-0.39, 0.29) is 0 Å². The number of para-hydroxylation sites is 3. The van der Waals surface area contributed by atoms with E-state index in [2.05, 4.69) is 259 Å². The van der Waals surface area contributed by atoms with Crippen molar-refractivity contribution < 1.29 is 0 Å². The zero-order valence-corrected chi connectivity index (χ0v) is 31.9. The predicted octanol–water partition coefficient (Wildman–Crippen LogP) is 13.4. The Labute approximate surface area is 341 Å². The van der Waals surface area contributed by atoms with Crippen molar-refractivity contribution in [2.24, 2.45) is 0 Å². The molecule has 0 spiro atoms. The van der Waals surface area contributed by atoms with Gasteiger partial charge < -0.3 is 14.7 Å². The fourth-order valence-electron chi connectivity index (χ4n) is 8.08. The summed E-state index contributed by atoms with van der Waals surface area (Å²) in [5.74, 6) is 0. The van der Waals surface area contributed by atoms with Crippen LogP contribution in [0.3, 0.4) is 0 Å². The summed E-state index contributed by atoms with van der Waals surface area (Å²) in [6.45, 7) is 0. The third-order valence-electron chi connectivity index (χ3n) is 10.8. The zero-order valence-electron chi connectivity index (χ0n) is 31.9. The molecule has 2 bridgehead atoms. The Balaban J connectivity index is 1.21. The molecule has 1 aliphatic rings. The molecule has 0 saturated heterocycles. The van der Waals surface area contributed by atoms with Crippen molar-refractivity contribution in [1.82, 2.24) is 0 Å².